The third-order valence-electron chi connectivity index (χ3n) is 4.42. The Kier molecular flexibility index (Phi) is 5.81. The molecule has 0 bridgehead atoms. The van der Waals surface area contributed by atoms with Crippen LogP contribution in [0, 0.1) is 6.92 Å². The molecule has 0 aliphatic carbocycles. The second-order valence-corrected chi connectivity index (χ2v) is 9.34. The highest BCUT2D eigenvalue weighted by Gasteiger charge is 2.35. The van der Waals surface area contributed by atoms with Crippen molar-refractivity contribution in [1.82, 2.24) is 4.90 Å². The van der Waals surface area contributed by atoms with Gasteiger partial charge in [0.1, 0.15) is 11.5 Å². The number of carbonyl (C=O) groups is 2. The molecule has 1 aromatic heterocycles. The summed E-state index contributed by atoms with van der Waals surface area (Å²) in [7, 11) is 0. The monoisotopic (exact) mass is 531 g/mol. The molecule has 0 spiro atoms. The first kappa shape index (κ1) is 20.2. The minimum atomic E-state index is -0.308. The van der Waals surface area contributed by atoms with Crippen LogP contribution in [-0.4, -0.2) is 16.0 Å². The SMILES string of the molecule is Cc1ccc(-c2ccc(/C=C3\SC(=O)N(Cc4ccc(Br)cc4)C3=O)o2)c(Br)c1. The van der Waals surface area contributed by atoms with Gasteiger partial charge in [0.15, 0.2) is 0 Å². The molecule has 0 radical (unpaired) electrons. The zero-order valence-corrected chi connectivity index (χ0v) is 19.3. The summed E-state index contributed by atoms with van der Waals surface area (Å²) < 4.78 is 7.78. The Hall–Kier alpha value is -2.09. The maximum atomic E-state index is 12.7. The molecule has 0 unspecified atom stereocenters. The molecule has 1 aliphatic heterocycles. The molecule has 2 heterocycles. The van der Waals surface area contributed by atoms with Crippen molar-refractivity contribution in [3.8, 4) is 11.3 Å². The summed E-state index contributed by atoms with van der Waals surface area (Å²) in [6.45, 7) is 2.27. The van der Waals surface area contributed by atoms with E-state index in [1.165, 1.54) is 4.90 Å². The second-order valence-electron chi connectivity index (χ2n) is 6.58. The van der Waals surface area contributed by atoms with Crippen molar-refractivity contribution < 1.29 is 14.0 Å². The van der Waals surface area contributed by atoms with Gasteiger partial charge in [0, 0.05) is 20.6 Å². The number of imide groups is 1. The quantitative estimate of drug-likeness (QED) is 0.339. The van der Waals surface area contributed by atoms with Crippen LogP contribution in [0.5, 0.6) is 0 Å². The van der Waals surface area contributed by atoms with Crippen LogP contribution in [0.4, 0.5) is 4.79 Å². The molecule has 146 valence electrons. The molecule has 4 rings (SSSR count). The van der Waals surface area contributed by atoms with Crippen LogP contribution in [0.25, 0.3) is 17.4 Å². The van der Waals surface area contributed by atoms with Crippen LogP contribution in [-0.2, 0) is 11.3 Å². The smallest absolute Gasteiger partial charge is 0.293 e. The molecule has 0 atom stereocenters. The van der Waals surface area contributed by atoms with E-state index in [1.807, 2.05) is 55.5 Å². The molecule has 1 fully saturated rings. The summed E-state index contributed by atoms with van der Waals surface area (Å²) >= 11 is 7.86. The van der Waals surface area contributed by atoms with Gasteiger partial charge in [0.05, 0.1) is 11.4 Å². The Morgan fingerprint density at radius 1 is 1.03 bits per heavy atom. The molecule has 2 aromatic carbocycles. The van der Waals surface area contributed by atoms with Gasteiger partial charge in [0.2, 0.25) is 0 Å². The Morgan fingerprint density at radius 2 is 1.79 bits per heavy atom. The van der Waals surface area contributed by atoms with Crippen molar-refractivity contribution in [2.75, 3.05) is 0 Å². The van der Waals surface area contributed by atoms with Crippen LogP contribution < -0.4 is 0 Å². The van der Waals surface area contributed by atoms with Gasteiger partial charge in [-0.3, -0.25) is 14.5 Å². The predicted molar refractivity (Wildman–Crippen MR) is 122 cm³/mol. The molecule has 1 aliphatic rings. The molecule has 4 nitrogen and oxygen atoms in total. The van der Waals surface area contributed by atoms with Crippen molar-refractivity contribution in [2.45, 2.75) is 13.5 Å². The molecular formula is C22H15Br2NO3S. The fourth-order valence-electron chi connectivity index (χ4n) is 2.93. The highest BCUT2D eigenvalue weighted by atomic mass is 79.9. The standard InChI is InChI=1S/C22H15Br2NO3S/c1-13-2-8-17(18(24)10-13)19-9-7-16(28-19)11-20-21(26)25(22(27)29-20)12-14-3-5-15(23)6-4-14/h2-11H,12H2,1H3/b20-11-. The van der Waals surface area contributed by atoms with E-state index in [4.69, 9.17) is 4.42 Å². The molecule has 3 aromatic rings. The normalized spacial score (nSPS) is 15.6. The predicted octanol–water partition coefficient (Wildman–Crippen LogP) is 7.02. The topological polar surface area (TPSA) is 50.5 Å². The van der Waals surface area contributed by atoms with E-state index in [9.17, 15) is 9.59 Å². The minimum absolute atomic E-state index is 0.245. The molecular weight excluding hydrogens is 518 g/mol. The lowest BCUT2D eigenvalue weighted by molar-refractivity contribution is -0.123. The van der Waals surface area contributed by atoms with E-state index in [-0.39, 0.29) is 17.7 Å². The van der Waals surface area contributed by atoms with E-state index in [0.29, 0.717) is 16.4 Å². The van der Waals surface area contributed by atoms with E-state index < -0.39 is 0 Å². The Morgan fingerprint density at radius 3 is 2.52 bits per heavy atom. The lowest BCUT2D eigenvalue weighted by Gasteiger charge is -2.12. The van der Waals surface area contributed by atoms with Gasteiger partial charge in [-0.05, 0) is 66.2 Å². The van der Waals surface area contributed by atoms with Crippen LogP contribution in [0.2, 0.25) is 0 Å². The molecule has 0 N–H and O–H groups in total. The van der Waals surface area contributed by atoms with Crippen LogP contribution in [0.1, 0.15) is 16.9 Å². The van der Waals surface area contributed by atoms with Gasteiger partial charge in [-0.2, -0.15) is 0 Å². The maximum absolute atomic E-state index is 12.7. The zero-order valence-electron chi connectivity index (χ0n) is 15.3. The number of furan rings is 1. The third-order valence-corrected chi connectivity index (χ3v) is 6.51. The Balaban J connectivity index is 1.54. The number of carbonyl (C=O) groups excluding carboxylic acids is 2. The van der Waals surface area contributed by atoms with Crippen molar-refractivity contribution in [3.05, 3.63) is 85.3 Å². The van der Waals surface area contributed by atoms with Crippen LogP contribution >= 0.6 is 43.6 Å². The number of thioether (sulfide) groups is 1. The highest BCUT2D eigenvalue weighted by molar-refractivity contribution is 9.10. The van der Waals surface area contributed by atoms with Gasteiger partial charge in [0.25, 0.3) is 11.1 Å². The number of amides is 2. The summed E-state index contributed by atoms with van der Waals surface area (Å²) in [5.41, 5.74) is 2.96. The summed E-state index contributed by atoms with van der Waals surface area (Å²) in [4.78, 5) is 26.7. The van der Waals surface area contributed by atoms with Gasteiger partial charge in [-0.1, -0.05) is 50.1 Å². The number of halogens is 2. The average Bonchev–Trinajstić information content (AvgIpc) is 3.24. The average molecular weight is 533 g/mol. The van der Waals surface area contributed by atoms with Crippen LogP contribution in [0.15, 0.2) is 72.9 Å². The fourth-order valence-corrected chi connectivity index (χ4v) is 4.70. The number of hydrogen-bond donors (Lipinski definition) is 0. The first-order valence-electron chi connectivity index (χ1n) is 8.77. The van der Waals surface area contributed by atoms with E-state index >= 15 is 0 Å². The van der Waals surface area contributed by atoms with Crippen molar-refractivity contribution >= 4 is 60.8 Å². The van der Waals surface area contributed by atoms with Crippen molar-refractivity contribution in [3.63, 3.8) is 0 Å². The Labute approximate surface area is 189 Å². The first-order valence-corrected chi connectivity index (χ1v) is 11.2. The maximum Gasteiger partial charge on any atom is 0.293 e. The lowest BCUT2D eigenvalue weighted by atomic mass is 10.1. The van der Waals surface area contributed by atoms with Crippen molar-refractivity contribution in [1.29, 1.82) is 0 Å². The number of hydrogen-bond acceptors (Lipinski definition) is 4. The largest absolute Gasteiger partial charge is 0.457 e. The first-order chi connectivity index (χ1) is 13.9. The van der Waals surface area contributed by atoms with Gasteiger partial charge >= 0.3 is 0 Å². The molecule has 29 heavy (non-hydrogen) atoms. The fraction of sp³-hybridized carbons (Fsp3) is 0.0909. The van der Waals surface area contributed by atoms with Gasteiger partial charge < -0.3 is 4.42 Å². The summed E-state index contributed by atoms with van der Waals surface area (Å²) in [5, 5.41) is -0.280. The van der Waals surface area contributed by atoms with E-state index in [1.54, 1.807) is 12.1 Å². The summed E-state index contributed by atoms with van der Waals surface area (Å²) in [6, 6.07) is 17.2. The summed E-state index contributed by atoms with van der Waals surface area (Å²) in [5.74, 6) is 0.913. The van der Waals surface area contributed by atoms with Gasteiger partial charge in [-0.15, -0.1) is 0 Å². The number of benzene rings is 2. The third kappa shape index (κ3) is 4.42. The molecule has 1 saturated heterocycles. The van der Waals surface area contributed by atoms with E-state index in [2.05, 4.69) is 31.9 Å². The number of aryl methyl sites for hydroxylation is 1. The van der Waals surface area contributed by atoms with E-state index in [0.717, 1.165) is 37.4 Å². The lowest BCUT2D eigenvalue weighted by Crippen LogP contribution is -2.27. The van der Waals surface area contributed by atoms with Crippen LogP contribution in [0.3, 0.4) is 0 Å². The number of rotatable bonds is 4. The Bertz CT molecular complexity index is 1140. The molecule has 7 heteroatoms. The number of nitrogens with zero attached hydrogens (tertiary/aromatic N) is 1. The minimum Gasteiger partial charge on any atom is -0.457 e. The van der Waals surface area contributed by atoms with Crippen molar-refractivity contribution in [2.24, 2.45) is 0 Å². The molecule has 0 saturated carbocycles. The molecule has 2 amide bonds. The second kappa shape index (κ2) is 8.34. The summed E-state index contributed by atoms with van der Waals surface area (Å²) in [6.07, 6.45) is 1.62. The highest BCUT2D eigenvalue weighted by Crippen LogP contribution is 2.35. The van der Waals surface area contributed by atoms with Gasteiger partial charge in [-0.25, -0.2) is 0 Å². The zero-order chi connectivity index (χ0) is 20.5.